The van der Waals surface area contributed by atoms with Gasteiger partial charge in [-0.3, -0.25) is 14.5 Å². The van der Waals surface area contributed by atoms with Crippen molar-refractivity contribution in [3.63, 3.8) is 0 Å². The molecule has 2 fully saturated rings. The van der Waals surface area contributed by atoms with Gasteiger partial charge in [-0.25, -0.2) is 4.79 Å². The third kappa shape index (κ3) is 4.76. The van der Waals surface area contributed by atoms with E-state index in [2.05, 4.69) is 9.88 Å². The fraction of sp³-hybridized carbons (Fsp3) is 0.400. The van der Waals surface area contributed by atoms with Gasteiger partial charge in [-0.1, -0.05) is 29.3 Å². The largest absolute Gasteiger partial charge is 0.507 e. The Bertz CT molecular complexity index is 1250. The zero-order valence-corrected chi connectivity index (χ0v) is 21.7. The van der Waals surface area contributed by atoms with Crippen molar-refractivity contribution >= 4 is 46.6 Å². The zero-order chi connectivity index (χ0) is 26.1. The van der Waals surface area contributed by atoms with Crippen molar-refractivity contribution in [1.82, 2.24) is 14.8 Å². The Morgan fingerprint density at radius 1 is 1.17 bits per heavy atom. The molecule has 3 heterocycles. The minimum atomic E-state index is -0.893. The van der Waals surface area contributed by atoms with E-state index in [1.807, 2.05) is 0 Å². The van der Waals surface area contributed by atoms with Gasteiger partial charge in [-0.05, 0) is 37.1 Å². The number of likely N-dealkylation sites (tertiary alicyclic amines) is 1. The second-order valence-corrected chi connectivity index (χ2v) is 9.55. The van der Waals surface area contributed by atoms with Crippen molar-refractivity contribution < 1.29 is 29.0 Å². The van der Waals surface area contributed by atoms with E-state index in [4.69, 9.17) is 32.7 Å². The van der Waals surface area contributed by atoms with Gasteiger partial charge in [0.1, 0.15) is 11.5 Å². The molecule has 192 valence electrons. The Morgan fingerprint density at radius 3 is 2.50 bits per heavy atom. The molecule has 2 saturated heterocycles. The summed E-state index contributed by atoms with van der Waals surface area (Å²) in [7, 11) is 1.25. The lowest BCUT2D eigenvalue weighted by atomic mass is 9.94. The number of methoxy groups -OCH3 is 1. The normalized spacial score (nSPS) is 20.2. The highest BCUT2D eigenvalue weighted by atomic mass is 35.5. The lowest BCUT2D eigenvalue weighted by Gasteiger charge is -2.31. The number of ketones is 1. The van der Waals surface area contributed by atoms with Crippen LogP contribution in [0.15, 0.2) is 23.8 Å². The minimum Gasteiger partial charge on any atom is -0.507 e. The Kier molecular flexibility index (Phi) is 7.75. The number of rotatable bonds is 6. The summed E-state index contributed by atoms with van der Waals surface area (Å²) in [5, 5.41) is 12.0. The third-order valence-corrected chi connectivity index (χ3v) is 7.36. The fourth-order valence-corrected chi connectivity index (χ4v) is 5.07. The van der Waals surface area contributed by atoms with Gasteiger partial charge in [0, 0.05) is 37.4 Å². The quantitative estimate of drug-likeness (QED) is 0.252. The Morgan fingerprint density at radius 2 is 1.86 bits per heavy atom. The second kappa shape index (κ2) is 10.6. The van der Waals surface area contributed by atoms with Crippen molar-refractivity contribution in [3.8, 4) is 0 Å². The molecule has 0 unspecified atom stereocenters. The molecule has 1 atom stereocenters. The van der Waals surface area contributed by atoms with E-state index >= 15 is 0 Å². The molecule has 2 aromatic rings. The van der Waals surface area contributed by atoms with Crippen molar-refractivity contribution in [2.45, 2.75) is 19.9 Å². The van der Waals surface area contributed by atoms with Crippen LogP contribution >= 0.6 is 23.2 Å². The average molecular weight is 536 g/mol. The number of morpholine rings is 1. The maximum atomic E-state index is 13.3. The van der Waals surface area contributed by atoms with E-state index < -0.39 is 23.7 Å². The molecule has 1 amide bonds. The number of hydrogen-bond donors (Lipinski definition) is 2. The summed E-state index contributed by atoms with van der Waals surface area (Å²) in [6.07, 6.45) is 0. The number of halogens is 2. The number of aliphatic hydroxyl groups excluding tert-OH is 1. The molecular weight excluding hydrogens is 509 g/mol. The number of aromatic amines is 1. The zero-order valence-electron chi connectivity index (χ0n) is 20.2. The first kappa shape index (κ1) is 26.2. The van der Waals surface area contributed by atoms with Gasteiger partial charge >= 0.3 is 5.97 Å². The molecular formula is C25H27Cl2N3O6. The number of aliphatic hydroxyl groups is 1. The number of ether oxygens (including phenoxy) is 2. The van der Waals surface area contributed by atoms with Crippen LogP contribution in [0, 0.1) is 13.8 Å². The molecule has 0 saturated carbocycles. The number of aromatic nitrogens is 1. The number of hydrogen-bond acceptors (Lipinski definition) is 7. The van der Waals surface area contributed by atoms with Gasteiger partial charge in [-0.15, -0.1) is 0 Å². The van der Waals surface area contributed by atoms with Crippen molar-refractivity contribution in [1.29, 1.82) is 0 Å². The Balaban J connectivity index is 1.82. The molecule has 4 rings (SSSR count). The maximum Gasteiger partial charge on any atom is 0.354 e. The minimum absolute atomic E-state index is 0.0815. The van der Waals surface area contributed by atoms with Crippen molar-refractivity contribution in [2.75, 3.05) is 46.5 Å². The number of nitrogens with zero attached hydrogens (tertiary/aromatic N) is 2. The number of carbonyl (C=O) groups is 3. The molecule has 2 aliphatic heterocycles. The number of aryl methyl sites for hydroxylation is 1. The lowest BCUT2D eigenvalue weighted by molar-refractivity contribution is -0.140. The first-order valence-electron chi connectivity index (χ1n) is 11.5. The molecule has 1 aromatic carbocycles. The number of nitrogens with one attached hydrogen (secondary N) is 1. The molecule has 9 nitrogen and oxygen atoms in total. The second-order valence-electron chi connectivity index (χ2n) is 8.74. The van der Waals surface area contributed by atoms with Crippen LogP contribution in [-0.2, 0) is 19.1 Å². The molecule has 11 heteroatoms. The monoisotopic (exact) mass is 535 g/mol. The van der Waals surface area contributed by atoms with Gasteiger partial charge in [0.25, 0.3) is 11.7 Å². The summed E-state index contributed by atoms with van der Waals surface area (Å²) in [5.74, 6) is -2.52. The molecule has 2 aliphatic rings. The van der Waals surface area contributed by atoms with Crippen LogP contribution in [-0.4, -0.2) is 84.1 Å². The highest BCUT2D eigenvalue weighted by Crippen LogP contribution is 2.42. The highest BCUT2D eigenvalue weighted by molar-refractivity contribution is 6.47. The Labute approximate surface area is 218 Å². The molecule has 2 N–H and O–H groups in total. The average Bonchev–Trinajstić information content (AvgIpc) is 3.31. The molecule has 0 aliphatic carbocycles. The van der Waals surface area contributed by atoms with Crippen LogP contribution in [0.1, 0.15) is 38.9 Å². The summed E-state index contributed by atoms with van der Waals surface area (Å²) in [6.45, 7) is 6.73. The van der Waals surface area contributed by atoms with E-state index in [0.717, 1.165) is 13.1 Å². The van der Waals surface area contributed by atoms with Gasteiger partial charge in [0.15, 0.2) is 0 Å². The van der Waals surface area contributed by atoms with Gasteiger partial charge in [-0.2, -0.15) is 0 Å². The van der Waals surface area contributed by atoms with Crippen LogP contribution in [0.4, 0.5) is 0 Å². The SMILES string of the molecule is COC(=O)c1[nH]c(C)c(C(O)=C2C(=O)C(=O)N(CCN3CCOCC3)[C@@H]2c2ccc(Cl)c(Cl)c2)c1C. The first-order chi connectivity index (χ1) is 17.1. The standard InChI is InChI=1S/C25H27Cl2N3O6/c1-13-18(14(2)28-20(13)25(34)35-3)22(31)19-21(15-4-5-16(26)17(27)12-15)30(24(33)23(19)32)7-6-29-8-10-36-11-9-29/h4-5,12,21,28,31H,6-11H2,1-3H3/t21-/m1/s1. The summed E-state index contributed by atoms with van der Waals surface area (Å²) >= 11 is 12.4. The van der Waals surface area contributed by atoms with Crippen LogP contribution in [0.5, 0.6) is 0 Å². The first-order valence-corrected chi connectivity index (χ1v) is 12.2. The van der Waals surface area contributed by atoms with Crippen molar-refractivity contribution in [2.24, 2.45) is 0 Å². The summed E-state index contributed by atoms with van der Waals surface area (Å²) < 4.78 is 10.2. The third-order valence-electron chi connectivity index (χ3n) is 6.62. The van der Waals surface area contributed by atoms with Gasteiger partial charge in [0.2, 0.25) is 0 Å². The van der Waals surface area contributed by atoms with E-state index in [-0.39, 0.29) is 34.2 Å². The van der Waals surface area contributed by atoms with E-state index in [0.29, 0.717) is 41.6 Å². The van der Waals surface area contributed by atoms with Crippen LogP contribution in [0.25, 0.3) is 5.76 Å². The summed E-state index contributed by atoms with van der Waals surface area (Å²) in [5.41, 5.74) is 1.74. The number of amides is 1. The van der Waals surface area contributed by atoms with Crippen LogP contribution in [0.3, 0.4) is 0 Å². The number of H-pyrrole nitrogens is 1. The van der Waals surface area contributed by atoms with Crippen molar-refractivity contribution in [3.05, 3.63) is 61.9 Å². The topological polar surface area (TPSA) is 112 Å². The number of esters is 1. The van der Waals surface area contributed by atoms with E-state index in [1.54, 1.807) is 32.0 Å². The smallest absolute Gasteiger partial charge is 0.354 e. The summed E-state index contributed by atoms with van der Waals surface area (Å²) in [6, 6.07) is 3.96. The maximum absolute atomic E-state index is 13.3. The molecule has 1 aromatic heterocycles. The lowest BCUT2D eigenvalue weighted by Crippen LogP contribution is -2.42. The van der Waals surface area contributed by atoms with E-state index in [9.17, 15) is 19.5 Å². The molecule has 0 bridgehead atoms. The Hall–Kier alpha value is -2.85. The molecule has 0 spiro atoms. The molecule has 0 radical (unpaired) electrons. The number of Topliss-reactive ketones (excluding diaryl/α,β-unsaturated/α-hetero) is 1. The van der Waals surface area contributed by atoms with E-state index in [1.165, 1.54) is 12.0 Å². The summed E-state index contributed by atoms with van der Waals surface area (Å²) in [4.78, 5) is 45.3. The highest BCUT2D eigenvalue weighted by Gasteiger charge is 2.46. The predicted molar refractivity (Wildman–Crippen MR) is 134 cm³/mol. The number of benzene rings is 1. The van der Waals surface area contributed by atoms with Crippen LogP contribution in [0.2, 0.25) is 10.0 Å². The van der Waals surface area contributed by atoms with Gasteiger partial charge < -0.3 is 24.5 Å². The fourth-order valence-electron chi connectivity index (χ4n) is 4.76. The predicted octanol–water partition coefficient (Wildman–Crippen LogP) is 3.48. The number of carbonyl (C=O) groups excluding carboxylic acids is 3. The molecule has 36 heavy (non-hydrogen) atoms. The van der Waals surface area contributed by atoms with Gasteiger partial charge in [0.05, 0.1) is 42.0 Å². The van der Waals surface area contributed by atoms with Crippen LogP contribution < -0.4 is 0 Å².